The predicted octanol–water partition coefficient (Wildman–Crippen LogP) is 4.84. The van der Waals surface area contributed by atoms with Crippen LogP contribution in [0.2, 0.25) is 0 Å². The minimum Gasteiger partial charge on any atom is -0.469 e. The van der Waals surface area contributed by atoms with Crippen molar-refractivity contribution < 1.29 is 24.1 Å². The molecule has 0 fully saturated rings. The Morgan fingerprint density at radius 2 is 1.59 bits per heavy atom. The summed E-state index contributed by atoms with van der Waals surface area (Å²) < 4.78 is 5.89. The van der Waals surface area contributed by atoms with Crippen molar-refractivity contribution in [3.8, 4) is 0 Å². The smallest absolute Gasteiger partial charge is 0.373 e. The topological polar surface area (TPSA) is 61.8 Å². The second kappa shape index (κ2) is 9.15. The van der Waals surface area contributed by atoms with Crippen LogP contribution in [-0.4, -0.2) is 24.6 Å². The second-order valence-corrected chi connectivity index (χ2v) is 8.01. The molecule has 2 aromatic rings. The fraction of sp³-hybridized carbons (Fsp3) is 0.333. The number of carbonyl (C=O) groups is 2. The van der Waals surface area contributed by atoms with Gasteiger partial charge in [-0.1, -0.05) is 40.2 Å². The first kappa shape index (κ1) is 21.1. The van der Waals surface area contributed by atoms with Crippen LogP contribution in [0.5, 0.6) is 0 Å². The lowest BCUT2D eigenvalue weighted by Crippen LogP contribution is -2.22. The van der Waals surface area contributed by atoms with Gasteiger partial charge in [0.05, 0.1) is 18.6 Å². The van der Waals surface area contributed by atoms with E-state index in [1.54, 1.807) is 45.0 Å². The Labute approximate surface area is 167 Å². The number of hydrogen-bond acceptors (Lipinski definition) is 5. The summed E-state index contributed by atoms with van der Waals surface area (Å²) in [6.45, 7) is 5.37. The molecule has 0 radical (unpaired) electrons. The highest BCUT2D eigenvalue weighted by Crippen LogP contribution is 2.24. The van der Waals surface area contributed by atoms with E-state index in [0.717, 1.165) is 15.6 Å². The highest BCUT2D eigenvalue weighted by Gasteiger charge is 2.22. The van der Waals surface area contributed by atoms with E-state index in [1.807, 2.05) is 24.3 Å². The van der Waals surface area contributed by atoms with Crippen LogP contribution < -0.4 is 0 Å². The monoisotopic (exact) mass is 434 g/mol. The van der Waals surface area contributed by atoms with Gasteiger partial charge in [0.2, 0.25) is 0 Å². The minimum absolute atomic E-state index is 0.306. The third-order valence-corrected chi connectivity index (χ3v) is 4.28. The Kier molecular flexibility index (Phi) is 7.16. The number of carbonyl (C=O) groups excluding carboxylic acids is 2. The van der Waals surface area contributed by atoms with Gasteiger partial charge < -0.3 is 4.74 Å². The van der Waals surface area contributed by atoms with E-state index < -0.39 is 17.5 Å². The number of benzene rings is 2. The Bertz CT molecular complexity index is 776. The van der Waals surface area contributed by atoms with Crippen LogP contribution in [-0.2, 0) is 25.7 Å². The highest BCUT2D eigenvalue weighted by molar-refractivity contribution is 9.10. The Balaban J connectivity index is 2.11. The largest absolute Gasteiger partial charge is 0.469 e. The van der Waals surface area contributed by atoms with E-state index in [2.05, 4.69) is 15.9 Å². The number of halogens is 1. The first-order chi connectivity index (χ1) is 12.7. The lowest BCUT2D eigenvalue weighted by Gasteiger charge is -2.17. The SMILES string of the molecule is COC(=O)C(Cc1ccc(C(=O)OOC(C)(C)C)cc1)c1ccc(Br)cc1. The Morgan fingerprint density at radius 1 is 1.00 bits per heavy atom. The summed E-state index contributed by atoms with van der Waals surface area (Å²) in [7, 11) is 1.38. The minimum atomic E-state index is -0.575. The normalized spacial score (nSPS) is 12.3. The molecule has 0 N–H and O–H groups in total. The third kappa shape index (κ3) is 6.48. The lowest BCUT2D eigenvalue weighted by atomic mass is 9.92. The van der Waals surface area contributed by atoms with Gasteiger partial charge in [-0.2, -0.15) is 4.89 Å². The molecule has 0 saturated heterocycles. The van der Waals surface area contributed by atoms with Crippen LogP contribution in [0.15, 0.2) is 53.0 Å². The van der Waals surface area contributed by atoms with Gasteiger partial charge in [-0.25, -0.2) is 4.79 Å². The average Bonchev–Trinajstić information content (AvgIpc) is 2.64. The molecule has 0 saturated carbocycles. The molecule has 144 valence electrons. The molecule has 2 rings (SSSR count). The molecule has 1 unspecified atom stereocenters. The van der Waals surface area contributed by atoms with E-state index in [-0.39, 0.29) is 5.97 Å². The van der Waals surface area contributed by atoms with Crippen molar-refractivity contribution in [3.63, 3.8) is 0 Å². The van der Waals surface area contributed by atoms with E-state index in [9.17, 15) is 9.59 Å². The molecule has 0 aliphatic rings. The highest BCUT2D eigenvalue weighted by atomic mass is 79.9. The van der Waals surface area contributed by atoms with Gasteiger partial charge in [0.25, 0.3) is 0 Å². The van der Waals surface area contributed by atoms with Crippen molar-refractivity contribution in [2.45, 2.75) is 38.7 Å². The molecular formula is C21H23BrO5. The van der Waals surface area contributed by atoms with Gasteiger partial charge >= 0.3 is 11.9 Å². The van der Waals surface area contributed by atoms with E-state index >= 15 is 0 Å². The molecule has 0 aliphatic carbocycles. The summed E-state index contributed by atoms with van der Waals surface area (Å²) in [5, 5.41) is 0. The number of rotatable bonds is 6. The van der Waals surface area contributed by atoms with Crippen LogP contribution in [0.25, 0.3) is 0 Å². The molecule has 2 aromatic carbocycles. The summed E-state index contributed by atoms with van der Waals surface area (Å²) >= 11 is 3.39. The van der Waals surface area contributed by atoms with Gasteiger partial charge in [-0.3, -0.25) is 9.68 Å². The molecule has 0 amide bonds. The Morgan fingerprint density at radius 3 is 2.11 bits per heavy atom. The van der Waals surface area contributed by atoms with Crippen molar-refractivity contribution >= 4 is 27.9 Å². The molecule has 6 heteroatoms. The van der Waals surface area contributed by atoms with E-state index in [1.165, 1.54) is 7.11 Å². The standard InChI is InChI=1S/C21H23BrO5/c1-21(2,3)27-26-19(23)16-7-5-14(6-8-16)13-18(20(24)25-4)15-9-11-17(22)12-10-15/h5-12,18H,13H2,1-4H3. The van der Waals surface area contributed by atoms with Gasteiger partial charge in [-0.15, -0.1) is 0 Å². The number of hydrogen-bond donors (Lipinski definition) is 0. The zero-order chi connectivity index (χ0) is 20.0. The summed E-state index contributed by atoms with van der Waals surface area (Å²) in [5.41, 5.74) is 1.57. The summed E-state index contributed by atoms with van der Waals surface area (Å²) in [6.07, 6.45) is 0.460. The zero-order valence-electron chi connectivity index (χ0n) is 15.8. The molecule has 0 bridgehead atoms. The zero-order valence-corrected chi connectivity index (χ0v) is 17.4. The number of ether oxygens (including phenoxy) is 1. The van der Waals surface area contributed by atoms with Crippen LogP contribution in [0.1, 0.15) is 48.2 Å². The van der Waals surface area contributed by atoms with Crippen molar-refractivity contribution in [2.24, 2.45) is 0 Å². The van der Waals surface area contributed by atoms with Crippen LogP contribution in [0.3, 0.4) is 0 Å². The second-order valence-electron chi connectivity index (χ2n) is 7.09. The van der Waals surface area contributed by atoms with Gasteiger partial charge in [-0.05, 0) is 62.6 Å². The summed E-state index contributed by atoms with van der Waals surface area (Å²) in [4.78, 5) is 34.1. The van der Waals surface area contributed by atoms with E-state index in [4.69, 9.17) is 14.5 Å². The van der Waals surface area contributed by atoms with Crippen LogP contribution in [0.4, 0.5) is 0 Å². The third-order valence-electron chi connectivity index (χ3n) is 3.75. The molecule has 0 aromatic heterocycles. The molecule has 0 heterocycles. The number of methoxy groups -OCH3 is 1. The predicted molar refractivity (Wildman–Crippen MR) is 105 cm³/mol. The molecule has 5 nitrogen and oxygen atoms in total. The molecule has 0 aliphatic heterocycles. The van der Waals surface area contributed by atoms with E-state index in [0.29, 0.717) is 12.0 Å². The molecule has 1 atom stereocenters. The fourth-order valence-corrected chi connectivity index (χ4v) is 2.66. The lowest BCUT2D eigenvalue weighted by molar-refractivity contribution is -0.301. The first-order valence-corrected chi connectivity index (χ1v) is 9.31. The fourth-order valence-electron chi connectivity index (χ4n) is 2.40. The van der Waals surface area contributed by atoms with Crippen molar-refractivity contribution in [1.82, 2.24) is 0 Å². The number of esters is 1. The van der Waals surface area contributed by atoms with Crippen molar-refractivity contribution in [3.05, 3.63) is 69.7 Å². The summed E-state index contributed by atoms with van der Waals surface area (Å²) in [6, 6.07) is 14.5. The Hall–Kier alpha value is -2.18. The molecule has 27 heavy (non-hydrogen) atoms. The summed E-state index contributed by atoms with van der Waals surface area (Å²) in [5.74, 6) is -1.29. The molecular weight excluding hydrogens is 412 g/mol. The van der Waals surface area contributed by atoms with Crippen molar-refractivity contribution in [1.29, 1.82) is 0 Å². The quantitative estimate of drug-likeness (QED) is 0.369. The first-order valence-electron chi connectivity index (χ1n) is 8.52. The maximum atomic E-state index is 12.2. The van der Waals surface area contributed by atoms with Gasteiger partial charge in [0.1, 0.15) is 5.60 Å². The van der Waals surface area contributed by atoms with Gasteiger partial charge in [0, 0.05) is 4.47 Å². The maximum Gasteiger partial charge on any atom is 0.373 e. The van der Waals surface area contributed by atoms with Crippen LogP contribution >= 0.6 is 15.9 Å². The van der Waals surface area contributed by atoms with Gasteiger partial charge in [0.15, 0.2) is 0 Å². The van der Waals surface area contributed by atoms with Crippen molar-refractivity contribution in [2.75, 3.05) is 7.11 Å². The van der Waals surface area contributed by atoms with Crippen LogP contribution in [0, 0.1) is 0 Å². The molecule has 0 spiro atoms. The maximum absolute atomic E-state index is 12.2. The average molecular weight is 435 g/mol.